The molecule has 1 aliphatic rings. The van der Waals surface area contributed by atoms with Gasteiger partial charge in [0.25, 0.3) is 0 Å². The molecule has 0 N–H and O–H groups in total. The van der Waals surface area contributed by atoms with Crippen molar-refractivity contribution in [1.29, 1.82) is 0 Å². The average molecular weight is 300 g/mol. The number of benzene rings is 1. The maximum atomic E-state index is 12.4. The van der Waals surface area contributed by atoms with Gasteiger partial charge in [0.05, 0.1) is 7.11 Å². The Bertz CT molecular complexity index is 628. The van der Waals surface area contributed by atoms with E-state index >= 15 is 0 Å². The normalized spacial score (nSPS) is 18.6. The van der Waals surface area contributed by atoms with Crippen molar-refractivity contribution >= 4 is 11.9 Å². The van der Waals surface area contributed by atoms with E-state index in [-0.39, 0.29) is 17.1 Å². The Kier molecular flexibility index (Phi) is 4.45. The number of Topliss-reactive ketones (excluding diaryl/α,β-unsaturated/α-hetero) is 1. The van der Waals surface area contributed by atoms with Crippen molar-refractivity contribution in [2.75, 3.05) is 7.11 Å². The van der Waals surface area contributed by atoms with Gasteiger partial charge in [-0.3, -0.25) is 4.79 Å². The summed E-state index contributed by atoms with van der Waals surface area (Å²) < 4.78 is 11.0. The van der Waals surface area contributed by atoms with E-state index in [2.05, 4.69) is 27.7 Å². The molecule has 22 heavy (non-hydrogen) atoms. The van der Waals surface area contributed by atoms with Crippen LogP contribution in [0.25, 0.3) is 6.08 Å². The van der Waals surface area contributed by atoms with Crippen molar-refractivity contribution < 1.29 is 14.3 Å². The molecule has 1 aromatic rings. The van der Waals surface area contributed by atoms with Crippen LogP contribution in [0.1, 0.15) is 40.2 Å². The Morgan fingerprint density at radius 1 is 1.18 bits per heavy atom. The van der Waals surface area contributed by atoms with Crippen LogP contribution in [0.15, 0.2) is 41.4 Å². The molecular weight excluding hydrogens is 276 g/mol. The molecule has 0 radical (unpaired) electrons. The second kappa shape index (κ2) is 5.99. The summed E-state index contributed by atoms with van der Waals surface area (Å²) in [7, 11) is 1.63. The quantitative estimate of drug-likeness (QED) is 0.766. The van der Waals surface area contributed by atoms with E-state index in [0.717, 1.165) is 17.1 Å². The minimum atomic E-state index is -0.0260. The first-order valence-corrected chi connectivity index (χ1v) is 7.53. The van der Waals surface area contributed by atoms with Crippen LogP contribution in [0.4, 0.5) is 0 Å². The van der Waals surface area contributed by atoms with Crippen molar-refractivity contribution in [1.82, 2.24) is 0 Å². The average Bonchev–Trinajstić information content (AvgIpc) is 2.74. The second-order valence-electron chi connectivity index (χ2n) is 6.79. The van der Waals surface area contributed by atoms with Crippen molar-refractivity contribution in [2.24, 2.45) is 11.3 Å². The molecule has 1 heterocycles. The molecule has 1 aliphatic heterocycles. The van der Waals surface area contributed by atoms with Crippen LogP contribution in [-0.2, 0) is 9.53 Å². The van der Waals surface area contributed by atoms with E-state index in [1.807, 2.05) is 31.2 Å². The smallest absolute Gasteiger partial charge is 0.227 e. The van der Waals surface area contributed by atoms with Crippen LogP contribution < -0.4 is 4.74 Å². The Morgan fingerprint density at radius 3 is 2.27 bits per heavy atom. The summed E-state index contributed by atoms with van der Waals surface area (Å²) in [6.07, 6.45) is 1.79. The van der Waals surface area contributed by atoms with Crippen molar-refractivity contribution in [3.8, 4) is 5.75 Å². The number of carbonyl (C=O) groups is 1. The maximum Gasteiger partial charge on any atom is 0.227 e. The van der Waals surface area contributed by atoms with Gasteiger partial charge < -0.3 is 9.47 Å². The fourth-order valence-corrected chi connectivity index (χ4v) is 2.29. The van der Waals surface area contributed by atoms with Crippen LogP contribution in [-0.4, -0.2) is 12.9 Å². The van der Waals surface area contributed by atoms with Gasteiger partial charge in [-0.05, 0) is 36.1 Å². The predicted molar refractivity (Wildman–Crippen MR) is 88.4 cm³/mol. The summed E-state index contributed by atoms with van der Waals surface area (Å²) in [5.41, 5.74) is 1.68. The summed E-state index contributed by atoms with van der Waals surface area (Å²) in [6.45, 7) is 10.4. The highest BCUT2D eigenvalue weighted by atomic mass is 16.5. The summed E-state index contributed by atoms with van der Waals surface area (Å²) >= 11 is 0. The van der Waals surface area contributed by atoms with Crippen LogP contribution in [0.2, 0.25) is 0 Å². The minimum absolute atomic E-state index is 0.0260. The number of rotatable bonds is 3. The number of hydrogen-bond acceptors (Lipinski definition) is 3. The van der Waals surface area contributed by atoms with Gasteiger partial charge in [0, 0.05) is 11.5 Å². The van der Waals surface area contributed by atoms with Crippen LogP contribution in [0, 0.1) is 11.3 Å². The topological polar surface area (TPSA) is 35.5 Å². The highest BCUT2D eigenvalue weighted by Crippen LogP contribution is 2.39. The van der Waals surface area contributed by atoms with Gasteiger partial charge in [-0.25, -0.2) is 0 Å². The molecular formula is C19H24O3. The van der Waals surface area contributed by atoms with Gasteiger partial charge >= 0.3 is 0 Å². The molecule has 0 fully saturated rings. The van der Waals surface area contributed by atoms with Crippen LogP contribution in [0.3, 0.4) is 0 Å². The van der Waals surface area contributed by atoms with Gasteiger partial charge in [0.2, 0.25) is 5.78 Å². The lowest BCUT2D eigenvalue weighted by Gasteiger charge is -2.27. The van der Waals surface area contributed by atoms with Crippen LogP contribution >= 0.6 is 0 Å². The van der Waals surface area contributed by atoms with Gasteiger partial charge in [-0.15, -0.1) is 0 Å². The lowest BCUT2D eigenvalue weighted by Crippen LogP contribution is -2.20. The summed E-state index contributed by atoms with van der Waals surface area (Å²) in [5, 5.41) is 0. The molecule has 1 aromatic carbocycles. The molecule has 1 atom stereocenters. The first kappa shape index (κ1) is 16.3. The molecule has 0 saturated carbocycles. The molecule has 1 unspecified atom stereocenters. The highest BCUT2D eigenvalue weighted by molar-refractivity contribution is 6.11. The number of methoxy groups -OCH3 is 1. The fourth-order valence-electron chi connectivity index (χ4n) is 2.29. The zero-order valence-corrected chi connectivity index (χ0v) is 14.2. The molecule has 3 nitrogen and oxygen atoms in total. The minimum Gasteiger partial charge on any atom is -0.497 e. The lowest BCUT2D eigenvalue weighted by molar-refractivity contribution is -0.113. The van der Waals surface area contributed by atoms with E-state index in [0.29, 0.717) is 11.3 Å². The van der Waals surface area contributed by atoms with E-state index in [1.54, 1.807) is 13.2 Å². The molecule has 118 valence electrons. The number of hydrogen-bond donors (Lipinski definition) is 0. The third-order valence-electron chi connectivity index (χ3n) is 4.26. The van der Waals surface area contributed by atoms with Gasteiger partial charge in [0.1, 0.15) is 11.5 Å². The van der Waals surface area contributed by atoms with E-state index in [4.69, 9.17) is 9.47 Å². The largest absolute Gasteiger partial charge is 0.497 e. The highest BCUT2D eigenvalue weighted by Gasteiger charge is 2.35. The molecule has 2 rings (SSSR count). The molecule has 0 amide bonds. The maximum absolute atomic E-state index is 12.4. The summed E-state index contributed by atoms with van der Waals surface area (Å²) in [4.78, 5) is 12.4. The zero-order chi connectivity index (χ0) is 16.5. The van der Waals surface area contributed by atoms with Gasteiger partial charge in [-0.1, -0.05) is 39.8 Å². The molecule has 0 saturated heterocycles. The summed E-state index contributed by atoms with van der Waals surface area (Å²) in [5.74, 6) is 2.13. The lowest BCUT2D eigenvalue weighted by atomic mass is 9.80. The predicted octanol–water partition coefficient (Wildman–Crippen LogP) is 4.59. The first-order chi connectivity index (χ1) is 10.2. The third-order valence-corrected chi connectivity index (χ3v) is 4.26. The molecule has 3 heteroatoms. The zero-order valence-electron chi connectivity index (χ0n) is 14.2. The van der Waals surface area contributed by atoms with Gasteiger partial charge in [-0.2, -0.15) is 0 Å². The monoisotopic (exact) mass is 300 g/mol. The third kappa shape index (κ3) is 3.24. The van der Waals surface area contributed by atoms with Crippen LogP contribution in [0.5, 0.6) is 5.75 Å². The first-order valence-electron chi connectivity index (χ1n) is 7.53. The SMILES string of the molecule is COc1ccc(/C=C2/OC(C(C)C(C)(C)C)=C(C)C2=O)cc1. The second-order valence-corrected chi connectivity index (χ2v) is 6.79. The molecule has 0 bridgehead atoms. The summed E-state index contributed by atoms with van der Waals surface area (Å²) in [6, 6.07) is 7.54. The Hall–Kier alpha value is -2.03. The number of ether oxygens (including phenoxy) is 2. The van der Waals surface area contributed by atoms with E-state index in [1.165, 1.54) is 0 Å². The van der Waals surface area contributed by atoms with Crippen molar-refractivity contribution in [3.05, 3.63) is 46.9 Å². The number of allylic oxidation sites excluding steroid dienone is 2. The van der Waals surface area contributed by atoms with E-state index in [9.17, 15) is 4.79 Å². The fraction of sp³-hybridized carbons (Fsp3) is 0.421. The number of carbonyl (C=O) groups excluding carboxylic acids is 1. The molecule has 0 aliphatic carbocycles. The number of ketones is 1. The Labute approximate surface area is 132 Å². The van der Waals surface area contributed by atoms with E-state index < -0.39 is 0 Å². The van der Waals surface area contributed by atoms with Gasteiger partial charge in [0.15, 0.2) is 5.76 Å². The van der Waals surface area contributed by atoms with Crippen molar-refractivity contribution in [3.63, 3.8) is 0 Å². The Morgan fingerprint density at radius 2 is 1.77 bits per heavy atom. The molecule has 0 spiro atoms. The van der Waals surface area contributed by atoms with Crippen molar-refractivity contribution in [2.45, 2.75) is 34.6 Å². The Balaban J connectivity index is 2.26. The standard InChI is InChI=1S/C19H24O3/c1-12-17(20)16(22-18(12)13(2)19(3,4)5)11-14-7-9-15(21-6)10-8-14/h7-11,13H,1-6H3/b16-11+. The molecule has 0 aromatic heterocycles.